The molecule has 1 atom stereocenters. The molecule has 0 aromatic carbocycles. The molecule has 0 bridgehead atoms. The Morgan fingerprint density at radius 3 is 3.00 bits per heavy atom. The van der Waals surface area contributed by atoms with Gasteiger partial charge in [-0.15, -0.1) is 0 Å². The van der Waals surface area contributed by atoms with Gasteiger partial charge in [0.15, 0.2) is 0 Å². The predicted molar refractivity (Wildman–Crippen MR) is 83.3 cm³/mol. The number of carbonyl (C=O) groups is 1. The van der Waals surface area contributed by atoms with Crippen molar-refractivity contribution in [3.8, 4) is 0 Å². The Bertz CT molecular complexity index is 659. The smallest absolute Gasteiger partial charge is 0.222 e. The third-order valence-corrected chi connectivity index (χ3v) is 4.26. The van der Waals surface area contributed by atoms with E-state index in [0.29, 0.717) is 18.3 Å². The van der Waals surface area contributed by atoms with Crippen molar-refractivity contribution in [2.45, 2.75) is 39.5 Å². The fourth-order valence-electron chi connectivity index (χ4n) is 3.21. The van der Waals surface area contributed by atoms with Crippen LogP contribution >= 0.6 is 0 Å². The lowest BCUT2D eigenvalue weighted by Crippen LogP contribution is -2.29. The Morgan fingerprint density at radius 1 is 1.43 bits per heavy atom. The fraction of sp³-hybridized carbons (Fsp3) is 0.529. The summed E-state index contributed by atoms with van der Waals surface area (Å²) in [7, 11) is 0. The van der Waals surface area contributed by atoms with Gasteiger partial charge in [0.1, 0.15) is 5.82 Å². The first-order valence-electron chi connectivity index (χ1n) is 7.77. The molecule has 1 saturated heterocycles. The molecule has 2 aromatic rings. The van der Waals surface area contributed by atoms with Gasteiger partial charge in [-0.1, -0.05) is 19.9 Å². The summed E-state index contributed by atoms with van der Waals surface area (Å²) >= 11 is 0. The number of hydrogen-bond acceptors (Lipinski definition) is 2. The maximum atomic E-state index is 12.2. The first-order valence-corrected chi connectivity index (χ1v) is 7.77. The average Bonchev–Trinajstić information content (AvgIpc) is 3.04. The van der Waals surface area contributed by atoms with Gasteiger partial charge in [-0.2, -0.15) is 0 Å². The van der Waals surface area contributed by atoms with Crippen molar-refractivity contribution in [2.24, 2.45) is 5.92 Å². The number of imidazole rings is 1. The fourth-order valence-corrected chi connectivity index (χ4v) is 3.21. The molecule has 21 heavy (non-hydrogen) atoms. The molecule has 4 nitrogen and oxygen atoms in total. The topological polar surface area (TPSA) is 37.6 Å². The maximum absolute atomic E-state index is 12.2. The van der Waals surface area contributed by atoms with E-state index in [0.717, 1.165) is 31.0 Å². The molecule has 4 heteroatoms. The molecule has 0 spiro atoms. The van der Waals surface area contributed by atoms with Crippen molar-refractivity contribution in [3.63, 3.8) is 0 Å². The largest absolute Gasteiger partial charge is 0.342 e. The third kappa shape index (κ3) is 2.67. The van der Waals surface area contributed by atoms with Crippen molar-refractivity contribution < 1.29 is 4.79 Å². The van der Waals surface area contributed by atoms with Crippen LogP contribution in [0.1, 0.15) is 44.1 Å². The lowest BCUT2D eigenvalue weighted by Gasteiger charge is -2.17. The van der Waals surface area contributed by atoms with Crippen LogP contribution in [0.4, 0.5) is 0 Å². The van der Waals surface area contributed by atoms with Crippen LogP contribution in [0.25, 0.3) is 5.52 Å². The van der Waals surface area contributed by atoms with Gasteiger partial charge in [-0.05, 0) is 31.4 Å². The Hall–Kier alpha value is -1.84. The number of rotatable bonds is 3. The van der Waals surface area contributed by atoms with Crippen LogP contribution in [0.2, 0.25) is 0 Å². The molecule has 2 aromatic heterocycles. The maximum Gasteiger partial charge on any atom is 0.222 e. The highest BCUT2D eigenvalue weighted by molar-refractivity contribution is 5.77. The summed E-state index contributed by atoms with van der Waals surface area (Å²) in [6.45, 7) is 7.90. The number of fused-ring (bicyclic) bond motifs is 1. The molecule has 0 N–H and O–H groups in total. The second kappa shape index (κ2) is 5.51. The predicted octanol–water partition coefficient (Wildman–Crippen LogP) is 3.00. The number of aryl methyl sites for hydroxylation is 1. The van der Waals surface area contributed by atoms with Crippen molar-refractivity contribution in [3.05, 3.63) is 35.9 Å². The molecular weight excluding hydrogens is 262 g/mol. The quantitative estimate of drug-likeness (QED) is 0.869. The second-order valence-corrected chi connectivity index (χ2v) is 6.42. The van der Waals surface area contributed by atoms with Crippen LogP contribution in [0, 0.1) is 12.8 Å². The lowest BCUT2D eigenvalue weighted by molar-refractivity contribution is -0.130. The average molecular weight is 285 g/mol. The van der Waals surface area contributed by atoms with Gasteiger partial charge in [0.25, 0.3) is 0 Å². The molecule has 0 aliphatic carbocycles. The molecule has 1 aliphatic rings. The van der Waals surface area contributed by atoms with Gasteiger partial charge in [0, 0.05) is 31.6 Å². The van der Waals surface area contributed by atoms with Gasteiger partial charge in [0.05, 0.1) is 11.2 Å². The monoisotopic (exact) mass is 285 g/mol. The van der Waals surface area contributed by atoms with Crippen molar-refractivity contribution in [1.82, 2.24) is 14.3 Å². The van der Waals surface area contributed by atoms with Crippen LogP contribution in [-0.4, -0.2) is 33.3 Å². The van der Waals surface area contributed by atoms with Gasteiger partial charge in [0.2, 0.25) is 5.91 Å². The molecular formula is C17H23N3O. The SMILES string of the molecule is Cc1nc(C2CCN(C(=O)CC(C)C)C2)c2ccccn12. The normalized spacial score (nSPS) is 18.9. The standard InChI is InChI=1S/C17H23N3O/c1-12(2)10-16(21)19-9-7-14(11-19)17-15-6-4-5-8-20(15)13(3)18-17/h4-6,8,12,14H,7,9-11H2,1-3H3. The summed E-state index contributed by atoms with van der Waals surface area (Å²) < 4.78 is 2.13. The zero-order valence-electron chi connectivity index (χ0n) is 13.0. The van der Waals surface area contributed by atoms with Gasteiger partial charge in [-0.3, -0.25) is 4.79 Å². The minimum atomic E-state index is 0.285. The summed E-state index contributed by atoms with van der Waals surface area (Å²) in [6.07, 6.45) is 3.72. The molecule has 3 heterocycles. The van der Waals surface area contributed by atoms with E-state index in [-0.39, 0.29) is 5.91 Å². The van der Waals surface area contributed by atoms with Crippen LogP contribution in [-0.2, 0) is 4.79 Å². The van der Waals surface area contributed by atoms with Gasteiger partial charge >= 0.3 is 0 Å². The number of likely N-dealkylation sites (tertiary alicyclic amines) is 1. The first kappa shape index (κ1) is 14.1. The molecule has 112 valence electrons. The molecule has 3 rings (SSSR count). The number of carbonyl (C=O) groups excluding carboxylic acids is 1. The Kier molecular flexibility index (Phi) is 3.70. The highest BCUT2D eigenvalue weighted by atomic mass is 16.2. The number of hydrogen-bond donors (Lipinski definition) is 0. The zero-order valence-corrected chi connectivity index (χ0v) is 13.0. The molecule has 1 unspecified atom stereocenters. The Morgan fingerprint density at radius 2 is 2.24 bits per heavy atom. The van der Waals surface area contributed by atoms with Gasteiger partial charge < -0.3 is 9.30 Å². The molecule has 1 aliphatic heterocycles. The van der Waals surface area contributed by atoms with E-state index in [9.17, 15) is 4.79 Å². The highest BCUT2D eigenvalue weighted by Crippen LogP contribution is 2.30. The van der Waals surface area contributed by atoms with Crippen LogP contribution < -0.4 is 0 Å². The van der Waals surface area contributed by atoms with E-state index >= 15 is 0 Å². The van der Waals surface area contributed by atoms with Crippen molar-refractivity contribution in [2.75, 3.05) is 13.1 Å². The van der Waals surface area contributed by atoms with Crippen LogP contribution in [0.3, 0.4) is 0 Å². The molecule has 1 amide bonds. The molecule has 0 saturated carbocycles. The number of aromatic nitrogens is 2. The summed E-state index contributed by atoms with van der Waals surface area (Å²) in [5.41, 5.74) is 2.33. The second-order valence-electron chi connectivity index (χ2n) is 6.42. The number of pyridine rings is 1. The first-order chi connectivity index (χ1) is 10.1. The summed E-state index contributed by atoms with van der Waals surface area (Å²) in [5, 5.41) is 0. The van der Waals surface area contributed by atoms with Crippen LogP contribution in [0.5, 0.6) is 0 Å². The Balaban J connectivity index is 1.81. The summed E-state index contributed by atoms with van der Waals surface area (Å²) in [6, 6.07) is 6.20. The van der Waals surface area contributed by atoms with E-state index in [2.05, 4.69) is 36.6 Å². The van der Waals surface area contributed by atoms with Crippen molar-refractivity contribution in [1.29, 1.82) is 0 Å². The molecule has 0 radical (unpaired) electrons. The summed E-state index contributed by atoms with van der Waals surface area (Å²) in [5.74, 6) is 2.10. The minimum absolute atomic E-state index is 0.285. The lowest BCUT2D eigenvalue weighted by atomic mass is 10.0. The van der Waals surface area contributed by atoms with E-state index in [4.69, 9.17) is 4.98 Å². The highest BCUT2D eigenvalue weighted by Gasteiger charge is 2.30. The zero-order chi connectivity index (χ0) is 15.0. The van der Waals surface area contributed by atoms with Crippen LogP contribution in [0.15, 0.2) is 24.4 Å². The van der Waals surface area contributed by atoms with E-state index in [1.807, 2.05) is 17.9 Å². The number of nitrogens with zero attached hydrogens (tertiary/aromatic N) is 3. The van der Waals surface area contributed by atoms with Crippen molar-refractivity contribution >= 4 is 11.4 Å². The van der Waals surface area contributed by atoms with Gasteiger partial charge in [-0.25, -0.2) is 4.98 Å². The Labute approximate surface area is 125 Å². The third-order valence-electron chi connectivity index (χ3n) is 4.26. The van der Waals surface area contributed by atoms with E-state index < -0.39 is 0 Å². The number of amides is 1. The minimum Gasteiger partial charge on any atom is -0.342 e. The molecule has 1 fully saturated rings. The van der Waals surface area contributed by atoms with E-state index in [1.54, 1.807) is 0 Å². The summed E-state index contributed by atoms with van der Waals surface area (Å²) in [4.78, 5) is 19.0. The van der Waals surface area contributed by atoms with E-state index in [1.165, 1.54) is 5.52 Å².